The Bertz CT molecular complexity index is 521. The van der Waals surface area contributed by atoms with E-state index < -0.39 is 11.8 Å². The van der Waals surface area contributed by atoms with Gasteiger partial charge in [0.25, 0.3) is 0 Å². The maximum Gasteiger partial charge on any atom is 0.336 e. The highest BCUT2D eigenvalue weighted by Crippen LogP contribution is 2.32. The van der Waals surface area contributed by atoms with Crippen molar-refractivity contribution in [2.45, 2.75) is 39.0 Å². The summed E-state index contributed by atoms with van der Waals surface area (Å²) >= 11 is 3.07. The Balaban J connectivity index is 2.18. The van der Waals surface area contributed by atoms with Crippen molar-refractivity contribution in [3.05, 3.63) is 28.0 Å². The molecule has 1 aromatic carbocycles. The largest absolute Gasteiger partial charge is 0.478 e. The van der Waals surface area contributed by atoms with E-state index in [0.29, 0.717) is 5.69 Å². The third-order valence-electron chi connectivity index (χ3n) is 4.18. The van der Waals surface area contributed by atoms with Crippen LogP contribution in [0.2, 0.25) is 0 Å². The molecule has 0 aliphatic carbocycles. The minimum absolute atomic E-state index is 0.0325. The van der Waals surface area contributed by atoms with Crippen molar-refractivity contribution >= 4 is 27.6 Å². The average molecular weight is 358 g/mol. The minimum Gasteiger partial charge on any atom is -0.478 e. The fraction of sp³-hybridized carbons (Fsp3) is 0.562. The summed E-state index contributed by atoms with van der Waals surface area (Å²) in [5.41, 5.74) is 0.471. The molecule has 1 saturated heterocycles. The lowest BCUT2D eigenvalue weighted by Gasteiger charge is -2.24. The maximum atomic E-state index is 14.4. The van der Waals surface area contributed by atoms with Crippen LogP contribution in [0.15, 0.2) is 16.6 Å². The first-order valence-corrected chi connectivity index (χ1v) is 8.30. The summed E-state index contributed by atoms with van der Waals surface area (Å²) in [6.45, 7) is 3.86. The Morgan fingerprint density at radius 1 is 1.43 bits per heavy atom. The molecule has 1 aliphatic rings. The second-order valence-electron chi connectivity index (χ2n) is 5.64. The Hall–Kier alpha value is -1.10. The number of nitrogens with zero attached hydrogens (tertiary/aromatic N) is 1. The summed E-state index contributed by atoms with van der Waals surface area (Å²) in [4.78, 5) is 13.1. The predicted molar refractivity (Wildman–Crippen MR) is 85.5 cm³/mol. The SMILES string of the molecule is CCCC1CCCN(c2ccc(C(=O)O)c(Br)c2F)CC1. The summed E-state index contributed by atoms with van der Waals surface area (Å²) in [5, 5.41) is 9.02. The van der Waals surface area contributed by atoms with E-state index in [1.165, 1.54) is 25.3 Å². The third-order valence-corrected chi connectivity index (χ3v) is 4.95. The van der Waals surface area contributed by atoms with Crippen LogP contribution in [-0.2, 0) is 0 Å². The van der Waals surface area contributed by atoms with E-state index in [1.54, 1.807) is 6.07 Å². The first-order chi connectivity index (χ1) is 10.0. The summed E-state index contributed by atoms with van der Waals surface area (Å²) in [7, 11) is 0. The first kappa shape index (κ1) is 16.3. The number of anilines is 1. The van der Waals surface area contributed by atoms with Crippen molar-refractivity contribution in [1.82, 2.24) is 0 Å². The number of carboxylic acid groups (broad SMARTS) is 1. The zero-order valence-corrected chi connectivity index (χ0v) is 13.8. The van der Waals surface area contributed by atoms with E-state index in [2.05, 4.69) is 22.9 Å². The van der Waals surface area contributed by atoms with Crippen LogP contribution in [0.25, 0.3) is 0 Å². The van der Waals surface area contributed by atoms with Crippen LogP contribution in [0.4, 0.5) is 10.1 Å². The normalized spacial score (nSPS) is 19.4. The van der Waals surface area contributed by atoms with Crippen LogP contribution < -0.4 is 4.90 Å². The van der Waals surface area contributed by atoms with E-state index in [4.69, 9.17) is 5.11 Å². The fourth-order valence-electron chi connectivity index (χ4n) is 3.05. The standard InChI is InChI=1S/C16H21BrFNO2/c1-2-4-11-5-3-9-19(10-8-11)13-7-6-12(16(20)21)14(17)15(13)18/h6-7,11H,2-5,8-10H2,1H3,(H,20,21). The molecule has 1 aliphatic heterocycles. The number of halogens is 2. The molecule has 0 saturated carbocycles. The molecule has 0 aromatic heterocycles. The summed E-state index contributed by atoms with van der Waals surface area (Å²) in [5.74, 6) is -0.861. The molecule has 1 fully saturated rings. The quantitative estimate of drug-likeness (QED) is 0.849. The second kappa shape index (κ2) is 7.25. The van der Waals surface area contributed by atoms with Crippen LogP contribution in [0.5, 0.6) is 0 Å². The van der Waals surface area contributed by atoms with Gasteiger partial charge >= 0.3 is 5.97 Å². The first-order valence-electron chi connectivity index (χ1n) is 7.50. The van der Waals surface area contributed by atoms with Crippen molar-refractivity contribution in [3.8, 4) is 0 Å². The zero-order chi connectivity index (χ0) is 15.4. The summed E-state index contributed by atoms with van der Waals surface area (Å²) < 4.78 is 14.5. The van der Waals surface area contributed by atoms with Gasteiger partial charge in [-0.3, -0.25) is 0 Å². The number of carbonyl (C=O) groups is 1. The molecule has 1 unspecified atom stereocenters. The molecular formula is C16H21BrFNO2. The van der Waals surface area contributed by atoms with Gasteiger partial charge in [-0.05, 0) is 53.2 Å². The number of aromatic carboxylic acids is 1. The summed E-state index contributed by atoms with van der Waals surface area (Å²) in [6, 6.07) is 3.06. The molecule has 0 spiro atoms. The molecule has 1 heterocycles. The van der Waals surface area contributed by atoms with Gasteiger partial charge in [0.15, 0.2) is 5.82 Å². The number of hydrogen-bond donors (Lipinski definition) is 1. The molecule has 1 N–H and O–H groups in total. The maximum absolute atomic E-state index is 14.4. The molecule has 21 heavy (non-hydrogen) atoms. The lowest BCUT2D eigenvalue weighted by atomic mass is 9.96. The van der Waals surface area contributed by atoms with E-state index in [1.807, 2.05) is 4.90 Å². The molecule has 0 amide bonds. The van der Waals surface area contributed by atoms with Crippen LogP contribution >= 0.6 is 15.9 Å². The number of carboxylic acids is 1. The highest BCUT2D eigenvalue weighted by molar-refractivity contribution is 9.10. The van der Waals surface area contributed by atoms with Gasteiger partial charge in [0.05, 0.1) is 15.7 Å². The Labute approximate surface area is 133 Å². The van der Waals surface area contributed by atoms with Gasteiger partial charge in [0, 0.05) is 13.1 Å². The van der Waals surface area contributed by atoms with Crippen molar-refractivity contribution in [2.75, 3.05) is 18.0 Å². The molecule has 0 bridgehead atoms. The smallest absolute Gasteiger partial charge is 0.336 e. The van der Waals surface area contributed by atoms with Gasteiger partial charge in [-0.15, -0.1) is 0 Å². The molecule has 5 heteroatoms. The van der Waals surface area contributed by atoms with Crippen LogP contribution in [0.3, 0.4) is 0 Å². The molecule has 3 nitrogen and oxygen atoms in total. The average Bonchev–Trinajstić information content (AvgIpc) is 2.67. The molecule has 0 radical (unpaired) electrons. The van der Waals surface area contributed by atoms with Crippen LogP contribution in [0.1, 0.15) is 49.4 Å². The number of rotatable bonds is 4. The monoisotopic (exact) mass is 357 g/mol. The summed E-state index contributed by atoms with van der Waals surface area (Å²) in [6.07, 6.45) is 5.75. The molecular weight excluding hydrogens is 337 g/mol. The van der Waals surface area contributed by atoms with Crippen molar-refractivity contribution < 1.29 is 14.3 Å². The van der Waals surface area contributed by atoms with Crippen LogP contribution in [-0.4, -0.2) is 24.2 Å². The minimum atomic E-state index is -1.12. The van der Waals surface area contributed by atoms with Gasteiger partial charge in [0.1, 0.15) is 0 Å². The topological polar surface area (TPSA) is 40.5 Å². The van der Waals surface area contributed by atoms with Gasteiger partial charge in [0.2, 0.25) is 0 Å². The van der Waals surface area contributed by atoms with Gasteiger partial charge < -0.3 is 10.0 Å². The van der Waals surface area contributed by atoms with Gasteiger partial charge in [-0.2, -0.15) is 0 Å². The Kier molecular flexibility index (Phi) is 5.62. The van der Waals surface area contributed by atoms with Crippen molar-refractivity contribution in [1.29, 1.82) is 0 Å². The van der Waals surface area contributed by atoms with E-state index in [-0.39, 0.29) is 10.0 Å². The van der Waals surface area contributed by atoms with E-state index >= 15 is 0 Å². The van der Waals surface area contributed by atoms with Gasteiger partial charge in [-0.25, -0.2) is 9.18 Å². The second-order valence-corrected chi connectivity index (χ2v) is 6.43. The molecule has 2 rings (SSSR count). The lowest BCUT2D eigenvalue weighted by molar-refractivity contribution is 0.0695. The Morgan fingerprint density at radius 3 is 2.86 bits per heavy atom. The fourth-order valence-corrected chi connectivity index (χ4v) is 3.56. The van der Waals surface area contributed by atoms with Crippen molar-refractivity contribution in [2.24, 2.45) is 5.92 Å². The number of benzene rings is 1. The molecule has 116 valence electrons. The van der Waals surface area contributed by atoms with Crippen molar-refractivity contribution in [3.63, 3.8) is 0 Å². The Morgan fingerprint density at radius 2 is 2.19 bits per heavy atom. The molecule has 1 aromatic rings. The van der Waals surface area contributed by atoms with E-state index in [0.717, 1.165) is 31.8 Å². The molecule has 1 atom stereocenters. The highest BCUT2D eigenvalue weighted by Gasteiger charge is 2.22. The lowest BCUT2D eigenvalue weighted by Crippen LogP contribution is -2.25. The third kappa shape index (κ3) is 3.76. The predicted octanol–water partition coefficient (Wildman–Crippen LogP) is 4.69. The highest BCUT2D eigenvalue weighted by atomic mass is 79.9. The number of hydrogen-bond acceptors (Lipinski definition) is 2. The van der Waals surface area contributed by atoms with E-state index in [9.17, 15) is 9.18 Å². The zero-order valence-electron chi connectivity index (χ0n) is 12.2. The van der Waals surface area contributed by atoms with Crippen LogP contribution in [0, 0.1) is 11.7 Å². The van der Waals surface area contributed by atoms with Gasteiger partial charge in [-0.1, -0.05) is 19.8 Å².